The molecule has 0 aromatic heterocycles. The number of hydrogen-bond donors (Lipinski definition) is 1. The van der Waals surface area contributed by atoms with Crippen molar-refractivity contribution in [3.8, 4) is 0 Å². The second-order valence-electron chi connectivity index (χ2n) is 6.57. The average Bonchev–Trinajstić information content (AvgIpc) is 3.08. The van der Waals surface area contributed by atoms with Gasteiger partial charge in [-0.05, 0) is 56.0 Å². The van der Waals surface area contributed by atoms with Crippen LogP contribution in [0.5, 0.6) is 0 Å². The Morgan fingerprint density at radius 2 is 2.13 bits per heavy atom. The van der Waals surface area contributed by atoms with Crippen molar-refractivity contribution >= 4 is 21.6 Å². The van der Waals surface area contributed by atoms with Gasteiger partial charge in [0.15, 0.2) is 0 Å². The average molecular weight is 337 g/mol. The van der Waals surface area contributed by atoms with Crippen LogP contribution in [-0.4, -0.2) is 51.2 Å². The van der Waals surface area contributed by atoms with E-state index in [1.165, 1.54) is 10.6 Å². The number of benzene rings is 1. The number of carbonyl (C=O) groups excluding carboxylic acids is 1. The van der Waals surface area contributed by atoms with Crippen LogP contribution in [0.4, 0.5) is 5.69 Å². The summed E-state index contributed by atoms with van der Waals surface area (Å²) in [5.41, 5.74) is 7.97. The Bertz CT molecular complexity index is 732. The monoisotopic (exact) mass is 337 g/mol. The van der Waals surface area contributed by atoms with Crippen LogP contribution in [0.15, 0.2) is 18.2 Å². The van der Waals surface area contributed by atoms with Crippen LogP contribution < -0.4 is 10.0 Å². The van der Waals surface area contributed by atoms with E-state index in [-0.39, 0.29) is 11.9 Å². The minimum absolute atomic E-state index is 0.00838. The normalized spacial score (nSPS) is 24.1. The molecule has 2 aliphatic heterocycles. The first-order valence-electron chi connectivity index (χ1n) is 7.93. The van der Waals surface area contributed by atoms with Gasteiger partial charge in [-0.25, -0.2) is 8.42 Å². The summed E-state index contributed by atoms with van der Waals surface area (Å²) in [6.07, 6.45) is 2.79. The Kier molecular flexibility index (Phi) is 4.10. The number of nitrogens with zero attached hydrogens (tertiary/aromatic N) is 2. The predicted molar refractivity (Wildman–Crippen MR) is 90.0 cm³/mol. The van der Waals surface area contributed by atoms with E-state index in [1.807, 2.05) is 17.9 Å². The molecule has 0 spiro atoms. The summed E-state index contributed by atoms with van der Waals surface area (Å²) < 4.78 is 25.0. The number of anilines is 1. The third-order valence-corrected chi connectivity index (χ3v) is 6.02. The molecule has 1 amide bonds. The summed E-state index contributed by atoms with van der Waals surface area (Å²) in [5.74, 6) is 0.373. The van der Waals surface area contributed by atoms with Crippen LogP contribution in [0.1, 0.15) is 29.3 Å². The highest BCUT2D eigenvalue weighted by molar-refractivity contribution is 7.92. The summed E-state index contributed by atoms with van der Waals surface area (Å²) in [7, 11) is -3.26. The predicted octanol–water partition coefficient (Wildman–Crippen LogP) is 0.818. The van der Waals surface area contributed by atoms with Crippen LogP contribution >= 0.6 is 0 Å². The maximum atomic E-state index is 12.8. The fraction of sp³-hybridized carbons (Fsp3) is 0.562. The SMILES string of the molecule is CC1CC(CN)CN1C(=O)c1ccc2c(c1)CCN2S(C)(=O)=O. The third-order valence-electron chi connectivity index (χ3n) is 4.84. The minimum Gasteiger partial charge on any atom is -0.336 e. The quantitative estimate of drug-likeness (QED) is 0.885. The van der Waals surface area contributed by atoms with Crippen LogP contribution in [-0.2, 0) is 16.4 Å². The molecule has 0 saturated carbocycles. The summed E-state index contributed by atoms with van der Waals surface area (Å²) in [6.45, 7) is 3.79. The Hall–Kier alpha value is -1.60. The Labute approximate surface area is 137 Å². The highest BCUT2D eigenvalue weighted by atomic mass is 32.2. The van der Waals surface area contributed by atoms with E-state index < -0.39 is 10.0 Å². The largest absolute Gasteiger partial charge is 0.336 e. The summed E-state index contributed by atoms with van der Waals surface area (Å²) in [5, 5.41) is 0. The van der Waals surface area contributed by atoms with Crippen molar-refractivity contribution in [3.05, 3.63) is 29.3 Å². The molecule has 2 atom stereocenters. The molecule has 0 radical (unpaired) electrons. The van der Waals surface area contributed by atoms with Gasteiger partial charge in [0.2, 0.25) is 10.0 Å². The number of likely N-dealkylation sites (tertiary alicyclic amines) is 1. The molecule has 7 heteroatoms. The molecule has 6 nitrogen and oxygen atoms in total. The molecule has 2 N–H and O–H groups in total. The van der Waals surface area contributed by atoms with Crippen molar-refractivity contribution in [2.75, 3.05) is 30.2 Å². The lowest BCUT2D eigenvalue weighted by Crippen LogP contribution is -2.34. The molecular formula is C16H23N3O3S. The number of sulfonamides is 1. The van der Waals surface area contributed by atoms with E-state index in [4.69, 9.17) is 5.73 Å². The van der Waals surface area contributed by atoms with Crippen molar-refractivity contribution in [2.24, 2.45) is 11.7 Å². The minimum atomic E-state index is -3.26. The van der Waals surface area contributed by atoms with Crippen LogP contribution in [0.3, 0.4) is 0 Å². The number of fused-ring (bicyclic) bond motifs is 1. The van der Waals surface area contributed by atoms with E-state index in [0.29, 0.717) is 43.2 Å². The van der Waals surface area contributed by atoms with Gasteiger partial charge in [-0.15, -0.1) is 0 Å². The van der Waals surface area contributed by atoms with Crippen LogP contribution in [0, 0.1) is 5.92 Å². The smallest absolute Gasteiger partial charge is 0.254 e. The van der Waals surface area contributed by atoms with E-state index in [1.54, 1.807) is 12.1 Å². The summed E-state index contributed by atoms with van der Waals surface area (Å²) in [6, 6.07) is 5.51. The number of nitrogens with two attached hydrogens (primary N) is 1. The molecule has 0 aliphatic carbocycles. The topological polar surface area (TPSA) is 83.7 Å². The van der Waals surface area contributed by atoms with Gasteiger partial charge in [0, 0.05) is 24.7 Å². The first kappa shape index (κ1) is 16.3. The molecule has 1 saturated heterocycles. The van der Waals surface area contributed by atoms with Gasteiger partial charge in [-0.1, -0.05) is 0 Å². The molecule has 1 fully saturated rings. The molecule has 0 bridgehead atoms. The van der Waals surface area contributed by atoms with Gasteiger partial charge in [0.25, 0.3) is 5.91 Å². The fourth-order valence-electron chi connectivity index (χ4n) is 3.61. The molecule has 1 aromatic carbocycles. The maximum absolute atomic E-state index is 12.8. The van der Waals surface area contributed by atoms with Gasteiger partial charge in [0.05, 0.1) is 11.9 Å². The zero-order valence-corrected chi connectivity index (χ0v) is 14.3. The lowest BCUT2D eigenvalue weighted by Gasteiger charge is -2.22. The molecule has 2 aliphatic rings. The van der Waals surface area contributed by atoms with Gasteiger partial charge in [0.1, 0.15) is 0 Å². The first-order valence-corrected chi connectivity index (χ1v) is 9.77. The lowest BCUT2D eigenvalue weighted by molar-refractivity contribution is 0.0743. The number of rotatable bonds is 3. The van der Waals surface area contributed by atoms with Crippen molar-refractivity contribution in [1.29, 1.82) is 0 Å². The molecule has 3 rings (SSSR count). The molecule has 2 heterocycles. The van der Waals surface area contributed by atoms with E-state index in [2.05, 4.69) is 0 Å². The van der Waals surface area contributed by atoms with Crippen molar-refractivity contribution in [2.45, 2.75) is 25.8 Å². The Morgan fingerprint density at radius 3 is 2.74 bits per heavy atom. The second-order valence-corrected chi connectivity index (χ2v) is 8.48. The van der Waals surface area contributed by atoms with Crippen molar-refractivity contribution in [3.63, 3.8) is 0 Å². The first-order chi connectivity index (χ1) is 10.8. The van der Waals surface area contributed by atoms with Gasteiger partial charge >= 0.3 is 0 Å². The summed E-state index contributed by atoms with van der Waals surface area (Å²) in [4.78, 5) is 14.6. The third kappa shape index (κ3) is 2.95. The molecule has 126 valence electrons. The molecular weight excluding hydrogens is 314 g/mol. The van der Waals surface area contributed by atoms with Crippen LogP contribution in [0.25, 0.3) is 0 Å². The van der Waals surface area contributed by atoms with Gasteiger partial charge in [-0.3, -0.25) is 9.10 Å². The van der Waals surface area contributed by atoms with Crippen molar-refractivity contribution in [1.82, 2.24) is 4.90 Å². The standard InChI is InChI=1S/C16H23N3O3S/c1-11-7-12(9-17)10-18(11)16(20)14-3-4-15-13(8-14)5-6-19(15)23(2,21)22/h3-4,8,11-12H,5-7,9-10,17H2,1-2H3. The lowest BCUT2D eigenvalue weighted by atomic mass is 10.1. The highest BCUT2D eigenvalue weighted by Crippen LogP contribution is 2.32. The van der Waals surface area contributed by atoms with Gasteiger partial charge < -0.3 is 10.6 Å². The molecule has 2 unspecified atom stereocenters. The zero-order chi connectivity index (χ0) is 16.8. The fourth-order valence-corrected chi connectivity index (χ4v) is 4.57. The number of hydrogen-bond acceptors (Lipinski definition) is 4. The number of amides is 1. The maximum Gasteiger partial charge on any atom is 0.254 e. The van der Waals surface area contributed by atoms with E-state index >= 15 is 0 Å². The van der Waals surface area contributed by atoms with Crippen molar-refractivity contribution < 1.29 is 13.2 Å². The molecule has 23 heavy (non-hydrogen) atoms. The molecule has 1 aromatic rings. The summed E-state index contributed by atoms with van der Waals surface area (Å²) >= 11 is 0. The second kappa shape index (κ2) is 5.79. The van der Waals surface area contributed by atoms with E-state index in [9.17, 15) is 13.2 Å². The van der Waals surface area contributed by atoms with Gasteiger partial charge in [-0.2, -0.15) is 0 Å². The highest BCUT2D eigenvalue weighted by Gasteiger charge is 2.33. The zero-order valence-electron chi connectivity index (χ0n) is 13.5. The Balaban J connectivity index is 1.85. The van der Waals surface area contributed by atoms with E-state index in [0.717, 1.165) is 12.0 Å². The van der Waals surface area contributed by atoms with Crippen LogP contribution in [0.2, 0.25) is 0 Å². The number of carbonyl (C=O) groups is 1. The Morgan fingerprint density at radius 1 is 1.39 bits per heavy atom.